The van der Waals surface area contributed by atoms with Crippen LogP contribution in [0.5, 0.6) is 0 Å². The smallest absolute Gasteiger partial charge is 0.246 e. The molecule has 0 spiro atoms. The maximum atomic E-state index is 12.5. The summed E-state index contributed by atoms with van der Waals surface area (Å²) in [6.07, 6.45) is 12.5. The van der Waals surface area contributed by atoms with E-state index in [4.69, 9.17) is 4.74 Å². The van der Waals surface area contributed by atoms with Crippen LogP contribution in [0.3, 0.4) is 0 Å². The van der Waals surface area contributed by atoms with Gasteiger partial charge in [0.2, 0.25) is 11.8 Å². The van der Waals surface area contributed by atoms with Crippen molar-refractivity contribution in [3.05, 3.63) is 0 Å². The molecule has 3 fully saturated rings. The third-order valence-electron chi connectivity index (χ3n) is 6.37. The number of amides is 2. The van der Waals surface area contributed by atoms with Crippen molar-refractivity contribution >= 4 is 11.8 Å². The van der Waals surface area contributed by atoms with Crippen LogP contribution >= 0.6 is 0 Å². The summed E-state index contributed by atoms with van der Waals surface area (Å²) in [4.78, 5) is 26.6. The Bertz CT molecular complexity index is 462. The molecule has 1 heterocycles. The Morgan fingerprint density at radius 2 is 1.76 bits per heavy atom. The van der Waals surface area contributed by atoms with E-state index in [-0.39, 0.29) is 18.1 Å². The summed E-state index contributed by atoms with van der Waals surface area (Å²) >= 11 is 0. The van der Waals surface area contributed by atoms with Gasteiger partial charge in [0.1, 0.15) is 6.61 Å². The van der Waals surface area contributed by atoms with E-state index in [1.807, 2.05) is 4.90 Å². The molecule has 3 rings (SSSR count). The zero-order valence-corrected chi connectivity index (χ0v) is 15.7. The number of nitrogens with zero attached hydrogens (tertiary/aromatic N) is 1. The summed E-state index contributed by atoms with van der Waals surface area (Å²) < 4.78 is 4.97. The molecule has 0 aromatic rings. The molecular weight excluding hydrogens is 316 g/mol. The van der Waals surface area contributed by atoms with Gasteiger partial charge in [-0.25, -0.2) is 0 Å². The standard InChI is InChI=1S/C20H34N2O3/c1-25-15-18(23)21-20(14-17-6-7-17)10-12-22(13-11-20)19(24)9-8-16-4-2-3-5-16/h16-17H,2-15H2,1H3,(H,21,23). The number of rotatable bonds is 8. The molecule has 0 atom stereocenters. The van der Waals surface area contributed by atoms with E-state index in [0.717, 1.165) is 50.6 Å². The number of nitrogens with one attached hydrogen (secondary N) is 1. The van der Waals surface area contributed by atoms with Crippen LogP contribution in [0.25, 0.3) is 0 Å². The third-order valence-corrected chi connectivity index (χ3v) is 6.37. The molecule has 3 aliphatic rings. The largest absolute Gasteiger partial charge is 0.375 e. The van der Waals surface area contributed by atoms with Crippen molar-refractivity contribution in [1.82, 2.24) is 10.2 Å². The molecule has 2 saturated carbocycles. The molecule has 0 radical (unpaired) electrons. The van der Waals surface area contributed by atoms with Gasteiger partial charge < -0.3 is 15.0 Å². The van der Waals surface area contributed by atoms with Crippen LogP contribution in [0, 0.1) is 11.8 Å². The molecule has 2 aliphatic carbocycles. The van der Waals surface area contributed by atoms with Crippen LogP contribution < -0.4 is 5.32 Å². The van der Waals surface area contributed by atoms with Crippen molar-refractivity contribution in [2.24, 2.45) is 11.8 Å². The molecule has 2 amide bonds. The monoisotopic (exact) mass is 350 g/mol. The summed E-state index contributed by atoms with van der Waals surface area (Å²) in [6.45, 7) is 1.68. The first-order valence-corrected chi connectivity index (χ1v) is 10.2. The topological polar surface area (TPSA) is 58.6 Å². The molecule has 0 bridgehead atoms. The van der Waals surface area contributed by atoms with Gasteiger partial charge in [-0.3, -0.25) is 9.59 Å². The van der Waals surface area contributed by atoms with Gasteiger partial charge in [-0.2, -0.15) is 0 Å². The van der Waals surface area contributed by atoms with Gasteiger partial charge in [0, 0.05) is 32.2 Å². The summed E-state index contributed by atoms with van der Waals surface area (Å²) in [6, 6.07) is 0. The number of hydrogen-bond acceptors (Lipinski definition) is 3. The van der Waals surface area contributed by atoms with Crippen LogP contribution in [0.1, 0.15) is 70.6 Å². The van der Waals surface area contributed by atoms with E-state index in [0.29, 0.717) is 12.3 Å². The SMILES string of the molecule is COCC(=O)NC1(CC2CC2)CCN(C(=O)CCC2CCCC2)CC1. The van der Waals surface area contributed by atoms with E-state index in [1.54, 1.807) is 7.11 Å². The first kappa shape index (κ1) is 18.7. The van der Waals surface area contributed by atoms with Gasteiger partial charge in [-0.05, 0) is 37.5 Å². The van der Waals surface area contributed by atoms with Gasteiger partial charge in [-0.15, -0.1) is 0 Å². The van der Waals surface area contributed by atoms with E-state index < -0.39 is 0 Å². The zero-order chi connectivity index (χ0) is 17.7. The summed E-state index contributed by atoms with van der Waals surface area (Å²) in [5.41, 5.74) is -0.126. The highest BCUT2D eigenvalue weighted by Gasteiger charge is 2.41. The quantitative estimate of drug-likeness (QED) is 0.732. The van der Waals surface area contributed by atoms with Crippen LogP contribution in [0.15, 0.2) is 0 Å². The number of carbonyl (C=O) groups excluding carboxylic acids is 2. The Morgan fingerprint density at radius 3 is 2.36 bits per heavy atom. The van der Waals surface area contributed by atoms with Gasteiger partial charge in [0.15, 0.2) is 0 Å². The van der Waals surface area contributed by atoms with Crippen molar-refractivity contribution < 1.29 is 14.3 Å². The van der Waals surface area contributed by atoms with E-state index in [1.165, 1.54) is 38.5 Å². The Kier molecular flexibility index (Phi) is 6.37. The van der Waals surface area contributed by atoms with Crippen molar-refractivity contribution in [3.8, 4) is 0 Å². The van der Waals surface area contributed by atoms with Crippen molar-refractivity contribution in [1.29, 1.82) is 0 Å². The number of carbonyl (C=O) groups is 2. The molecule has 0 aromatic carbocycles. The molecular formula is C20H34N2O3. The normalized spacial score (nSPS) is 23.6. The fourth-order valence-corrected chi connectivity index (χ4v) is 4.69. The van der Waals surface area contributed by atoms with Crippen molar-refractivity contribution in [2.45, 2.75) is 76.2 Å². The number of methoxy groups -OCH3 is 1. The first-order valence-electron chi connectivity index (χ1n) is 10.2. The minimum Gasteiger partial charge on any atom is -0.375 e. The predicted molar refractivity (Wildman–Crippen MR) is 97.1 cm³/mol. The second kappa shape index (κ2) is 8.52. The lowest BCUT2D eigenvalue weighted by Gasteiger charge is -2.43. The lowest BCUT2D eigenvalue weighted by molar-refractivity contribution is -0.134. The van der Waals surface area contributed by atoms with Gasteiger partial charge in [0.05, 0.1) is 0 Å². The number of hydrogen-bond donors (Lipinski definition) is 1. The highest BCUT2D eigenvalue weighted by Crippen LogP contribution is 2.40. The molecule has 1 saturated heterocycles. The van der Waals surface area contributed by atoms with E-state index >= 15 is 0 Å². The molecule has 5 nitrogen and oxygen atoms in total. The Morgan fingerprint density at radius 1 is 1.08 bits per heavy atom. The fraction of sp³-hybridized carbons (Fsp3) is 0.900. The second-order valence-electron chi connectivity index (χ2n) is 8.48. The van der Waals surface area contributed by atoms with Crippen LogP contribution in [0.4, 0.5) is 0 Å². The zero-order valence-electron chi connectivity index (χ0n) is 15.7. The predicted octanol–water partition coefficient (Wildman–Crippen LogP) is 2.88. The molecule has 1 N–H and O–H groups in total. The molecule has 0 aromatic heterocycles. The van der Waals surface area contributed by atoms with Gasteiger partial charge >= 0.3 is 0 Å². The lowest BCUT2D eigenvalue weighted by atomic mass is 9.82. The van der Waals surface area contributed by atoms with E-state index in [2.05, 4.69) is 5.32 Å². The number of likely N-dealkylation sites (tertiary alicyclic amines) is 1. The minimum atomic E-state index is -0.126. The highest BCUT2D eigenvalue weighted by molar-refractivity contribution is 5.78. The molecule has 5 heteroatoms. The molecule has 0 unspecified atom stereocenters. The summed E-state index contributed by atoms with van der Waals surface area (Å²) in [5, 5.41) is 3.24. The van der Waals surface area contributed by atoms with Crippen LogP contribution in [-0.4, -0.2) is 49.1 Å². The average Bonchev–Trinajstić information content (AvgIpc) is 3.24. The number of ether oxygens (including phenoxy) is 1. The van der Waals surface area contributed by atoms with Crippen molar-refractivity contribution in [3.63, 3.8) is 0 Å². The van der Waals surface area contributed by atoms with Crippen molar-refractivity contribution in [2.75, 3.05) is 26.8 Å². The van der Waals surface area contributed by atoms with E-state index in [9.17, 15) is 9.59 Å². The summed E-state index contributed by atoms with van der Waals surface area (Å²) in [7, 11) is 1.55. The molecule has 142 valence electrons. The first-order chi connectivity index (χ1) is 12.1. The minimum absolute atomic E-state index is 0.0239. The summed E-state index contributed by atoms with van der Waals surface area (Å²) in [5.74, 6) is 1.82. The average molecular weight is 351 g/mol. The second-order valence-corrected chi connectivity index (χ2v) is 8.48. The maximum absolute atomic E-state index is 12.5. The number of piperidine rings is 1. The van der Waals surface area contributed by atoms with Gasteiger partial charge in [-0.1, -0.05) is 38.5 Å². The van der Waals surface area contributed by atoms with Crippen LogP contribution in [-0.2, 0) is 14.3 Å². The Balaban J connectivity index is 1.48. The van der Waals surface area contributed by atoms with Crippen LogP contribution in [0.2, 0.25) is 0 Å². The third kappa shape index (κ3) is 5.44. The maximum Gasteiger partial charge on any atom is 0.246 e. The Labute approximate surface area is 151 Å². The molecule has 1 aliphatic heterocycles. The fourth-order valence-electron chi connectivity index (χ4n) is 4.69. The Hall–Kier alpha value is -1.10. The lowest BCUT2D eigenvalue weighted by Crippen LogP contribution is -2.57. The van der Waals surface area contributed by atoms with Gasteiger partial charge in [0.25, 0.3) is 0 Å². The highest BCUT2D eigenvalue weighted by atomic mass is 16.5. The molecule has 25 heavy (non-hydrogen) atoms.